The van der Waals surface area contributed by atoms with Crippen molar-refractivity contribution in [1.82, 2.24) is 0 Å². The summed E-state index contributed by atoms with van der Waals surface area (Å²) in [6.07, 6.45) is 0. The summed E-state index contributed by atoms with van der Waals surface area (Å²) in [5.41, 5.74) is 0.531. The van der Waals surface area contributed by atoms with Gasteiger partial charge in [-0.05, 0) is 17.7 Å². The van der Waals surface area contributed by atoms with E-state index in [0.29, 0.717) is 5.56 Å². The van der Waals surface area contributed by atoms with E-state index in [1.54, 1.807) is 0 Å². The van der Waals surface area contributed by atoms with Gasteiger partial charge in [-0.3, -0.25) is 4.79 Å². The van der Waals surface area contributed by atoms with Crippen LogP contribution in [0.2, 0.25) is 5.02 Å². The van der Waals surface area contributed by atoms with E-state index in [2.05, 4.69) is 0 Å². The van der Waals surface area contributed by atoms with Crippen LogP contribution >= 0.6 is 61.8 Å². The highest BCUT2D eigenvalue weighted by Gasteiger charge is 2.68. The molecule has 2 atom stereocenters. The lowest BCUT2D eigenvalue weighted by Gasteiger charge is -2.01. The third-order valence-electron chi connectivity index (χ3n) is 2.62. The predicted molar refractivity (Wildman–Crippen MR) is 80.5 cm³/mol. The average Bonchev–Trinajstić information content (AvgIpc) is 2.74. The first-order valence-electron chi connectivity index (χ1n) is 4.41. The Labute approximate surface area is 132 Å². The molecule has 2 rings (SSSR count). The third kappa shape index (κ3) is 3.02. The zero-order valence-electron chi connectivity index (χ0n) is 8.75. The first kappa shape index (κ1) is 18.2. The summed E-state index contributed by atoms with van der Waals surface area (Å²) < 4.78 is 11.6. The molecule has 0 saturated heterocycles. The number of hydrogen-bond acceptors (Lipinski definition) is 1. The molecule has 0 aliphatic heterocycles. The number of benzene rings is 1. The maximum absolute atomic E-state index is 12.9. The van der Waals surface area contributed by atoms with Crippen molar-refractivity contribution in [3.63, 3.8) is 0 Å². The van der Waals surface area contributed by atoms with E-state index in [0.717, 1.165) is 0 Å². The standard InChI is InChI=1S/C10H6Cl3FO2.2H2S/c11-5-3-4(1-2-6(5)14)7-8(9(15)16)10(7,12)13;;/h1-3,7-8H,(H,15,16);2*1H2/t7-,8+;;/m1../s1. The van der Waals surface area contributed by atoms with Crippen LogP contribution in [0.15, 0.2) is 18.2 Å². The fraction of sp³-hybridized carbons (Fsp3) is 0.300. The smallest absolute Gasteiger partial charge is 0.310 e. The topological polar surface area (TPSA) is 37.3 Å². The predicted octanol–water partition coefficient (Wildman–Crippen LogP) is 3.68. The van der Waals surface area contributed by atoms with Gasteiger partial charge in [-0.25, -0.2) is 4.39 Å². The Morgan fingerprint density at radius 3 is 2.28 bits per heavy atom. The molecule has 1 N–H and O–H groups in total. The van der Waals surface area contributed by atoms with Gasteiger partial charge in [0.15, 0.2) is 0 Å². The monoisotopic (exact) mass is 350 g/mol. The quantitative estimate of drug-likeness (QED) is 0.825. The number of aliphatic carboxylic acids is 1. The van der Waals surface area contributed by atoms with Crippen molar-refractivity contribution >= 4 is 67.8 Å². The lowest BCUT2D eigenvalue weighted by Crippen LogP contribution is -2.03. The van der Waals surface area contributed by atoms with E-state index in [1.165, 1.54) is 18.2 Å². The molecule has 0 amide bonds. The van der Waals surface area contributed by atoms with Gasteiger partial charge < -0.3 is 5.11 Å². The van der Waals surface area contributed by atoms with E-state index in [4.69, 9.17) is 39.9 Å². The minimum absolute atomic E-state index is 0. The van der Waals surface area contributed by atoms with E-state index in [9.17, 15) is 9.18 Å². The van der Waals surface area contributed by atoms with Crippen LogP contribution in [0.5, 0.6) is 0 Å². The maximum atomic E-state index is 12.9. The van der Waals surface area contributed by atoms with Gasteiger partial charge in [-0.1, -0.05) is 40.9 Å². The van der Waals surface area contributed by atoms with Crippen molar-refractivity contribution in [3.8, 4) is 0 Å². The summed E-state index contributed by atoms with van der Waals surface area (Å²) in [7, 11) is 0. The molecule has 102 valence electrons. The minimum atomic E-state index is -1.34. The lowest BCUT2D eigenvalue weighted by molar-refractivity contribution is -0.138. The van der Waals surface area contributed by atoms with Gasteiger partial charge in [-0.2, -0.15) is 27.0 Å². The number of rotatable bonds is 2. The number of carboxylic acids is 1. The van der Waals surface area contributed by atoms with Gasteiger partial charge >= 0.3 is 5.97 Å². The molecule has 1 aromatic rings. The van der Waals surface area contributed by atoms with Gasteiger partial charge in [-0.15, -0.1) is 0 Å². The molecule has 1 saturated carbocycles. The van der Waals surface area contributed by atoms with Crippen LogP contribution in [0.3, 0.4) is 0 Å². The van der Waals surface area contributed by atoms with Crippen molar-refractivity contribution in [3.05, 3.63) is 34.6 Å². The van der Waals surface area contributed by atoms with Gasteiger partial charge in [0.05, 0.1) is 10.9 Å². The van der Waals surface area contributed by atoms with Crippen molar-refractivity contribution in [2.24, 2.45) is 5.92 Å². The van der Waals surface area contributed by atoms with E-state index < -0.39 is 28.0 Å². The van der Waals surface area contributed by atoms with Crippen LogP contribution in [-0.2, 0) is 4.79 Å². The van der Waals surface area contributed by atoms with Crippen LogP contribution < -0.4 is 0 Å². The maximum Gasteiger partial charge on any atom is 0.310 e. The van der Waals surface area contributed by atoms with Gasteiger partial charge in [0, 0.05) is 5.92 Å². The van der Waals surface area contributed by atoms with Gasteiger partial charge in [0.2, 0.25) is 0 Å². The van der Waals surface area contributed by atoms with Crippen LogP contribution in [-0.4, -0.2) is 15.4 Å². The number of carboxylic acid groups (broad SMARTS) is 1. The molecule has 0 spiro atoms. The Bertz CT molecular complexity index is 470. The first-order valence-corrected chi connectivity index (χ1v) is 5.54. The molecule has 0 heterocycles. The molecular weight excluding hydrogens is 342 g/mol. The van der Waals surface area contributed by atoms with Gasteiger partial charge in [0.1, 0.15) is 10.2 Å². The average molecular weight is 352 g/mol. The summed E-state index contributed by atoms with van der Waals surface area (Å²) in [4.78, 5) is 10.8. The van der Waals surface area contributed by atoms with E-state index in [1.807, 2.05) is 0 Å². The molecule has 2 nitrogen and oxygen atoms in total. The molecule has 0 radical (unpaired) electrons. The minimum Gasteiger partial charge on any atom is -0.481 e. The zero-order chi connectivity index (χ0) is 12.1. The Balaban J connectivity index is 0.00000144. The fourth-order valence-corrected chi connectivity index (χ4v) is 2.76. The summed E-state index contributed by atoms with van der Waals surface area (Å²) in [5, 5.41) is 8.80. The van der Waals surface area contributed by atoms with Gasteiger partial charge in [0.25, 0.3) is 0 Å². The molecule has 1 aliphatic carbocycles. The molecule has 0 bridgehead atoms. The second kappa shape index (κ2) is 6.09. The highest BCUT2D eigenvalue weighted by molar-refractivity contribution is 7.59. The van der Waals surface area contributed by atoms with E-state index in [-0.39, 0.29) is 32.0 Å². The first-order chi connectivity index (χ1) is 7.35. The fourth-order valence-electron chi connectivity index (χ4n) is 1.75. The van der Waals surface area contributed by atoms with Crippen LogP contribution in [0.25, 0.3) is 0 Å². The molecular formula is C10H10Cl3FO2S2. The number of alkyl halides is 2. The highest BCUT2D eigenvalue weighted by Crippen LogP contribution is 2.65. The molecule has 1 aromatic carbocycles. The summed E-state index contributed by atoms with van der Waals surface area (Å²) in [5.74, 6) is -3.06. The molecule has 1 aliphatic rings. The number of hydrogen-bond donors (Lipinski definition) is 1. The summed E-state index contributed by atoms with van der Waals surface area (Å²) >= 11 is 17.3. The molecule has 0 unspecified atom stereocenters. The number of halogens is 4. The number of carbonyl (C=O) groups is 1. The largest absolute Gasteiger partial charge is 0.481 e. The van der Waals surface area contributed by atoms with Crippen LogP contribution in [0.4, 0.5) is 4.39 Å². The normalized spacial score (nSPS) is 23.6. The highest BCUT2D eigenvalue weighted by atomic mass is 35.5. The van der Waals surface area contributed by atoms with Crippen molar-refractivity contribution in [2.75, 3.05) is 0 Å². The van der Waals surface area contributed by atoms with Crippen molar-refractivity contribution in [2.45, 2.75) is 10.3 Å². The Hall–Kier alpha value is 0.190. The zero-order valence-corrected chi connectivity index (χ0v) is 13.0. The van der Waals surface area contributed by atoms with Crippen molar-refractivity contribution < 1.29 is 14.3 Å². The van der Waals surface area contributed by atoms with Crippen molar-refractivity contribution in [1.29, 1.82) is 0 Å². The van der Waals surface area contributed by atoms with Crippen LogP contribution in [0, 0.1) is 11.7 Å². The lowest BCUT2D eigenvalue weighted by atomic mass is 10.1. The Morgan fingerprint density at radius 1 is 1.33 bits per heavy atom. The summed E-state index contributed by atoms with van der Waals surface area (Å²) in [6, 6.07) is 3.96. The molecule has 0 aromatic heterocycles. The Morgan fingerprint density at radius 2 is 1.89 bits per heavy atom. The molecule has 18 heavy (non-hydrogen) atoms. The summed E-state index contributed by atoms with van der Waals surface area (Å²) in [6.45, 7) is 0. The van der Waals surface area contributed by atoms with E-state index >= 15 is 0 Å². The molecule has 1 fully saturated rings. The molecule has 8 heteroatoms. The Kier molecular flexibility index (Phi) is 6.16. The SMILES string of the molecule is O=C(O)[C@@H]1[C@@H](c2ccc(F)c(Cl)c2)C1(Cl)Cl.S.S. The third-order valence-corrected chi connectivity index (χ3v) is 3.85. The second-order valence-corrected chi connectivity index (χ2v) is 5.49. The second-order valence-electron chi connectivity index (χ2n) is 3.64. The van der Waals surface area contributed by atoms with Crippen LogP contribution in [0.1, 0.15) is 11.5 Å².